The minimum atomic E-state index is -0.118. The lowest BCUT2D eigenvalue weighted by Crippen LogP contribution is -2.48. The summed E-state index contributed by atoms with van der Waals surface area (Å²) in [7, 11) is 3.97. The first-order chi connectivity index (χ1) is 8.24. The SMILES string of the molecule is Cc1cc(C(=O)NCC(C)(C)N(C)C)ccc1O. The third kappa shape index (κ3) is 3.47. The predicted molar refractivity (Wildman–Crippen MR) is 72.9 cm³/mol. The van der Waals surface area contributed by atoms with E-state index in [1.54, 1.807) is 25.1 Å². The van der Waals surface area contributed by atoms with Crippen molar-refractivity contribution in [3.05, 3.63) is 29.3 Å². The minimum Gasteiger partial charge on any atom is -0.508 e. The van der Waals surface area contributed by atoms with Crippen LogP contribution in [-0.2, 0) is 0 Å². The molecule has 0 heterocycles. The molecule has 1 aromatic rings. The first kappa shape index (κ1) is 14.5. The molecule has 1 aromatic carbocycles. The van der Waals surface area contributed by atoms with E-state index in [0.717, 1.165) is 0 Å². The van der Waals surface area contributed by atoms with Gasteiger partial charge < -0.3 is 15.3 Å². The van der Waals surface area contributed by atoms with Crippen molar-refractivity contribution in [2.75, 3.05) is 20.6 Å². The molecule has 4 heteroatoms. The molecule has 0 aliphatic carbocycles. The van der Waals surface area contributed by atoms with Gasteiger partial charge in [-0.25, -0.2) is 0 Å². The molecule has 0 fully saturated rings. The molecule has 0 saturated heterocycles. The molecule has 0 atom stereocenters. The number of carbonyl (C=O) groups is 1. The standard InChI is InChI=1S/C14H22N2O2/c1-10-8-11(6-7-12(10)17)13(18)15-9-14(2,3)16(4)5/h6-8,17H,9H2,1-5H3,(H,15,18). The summed E-state index contributed by atoms with van der Waals surface area (Å²) in [5, 5.41) is 12.3. The molecular formula is C14H22N2O2. The number of hydrogen-bond donors (Lipinski definition) is 2. The van der Waals surface area contributed by atoms with Crippen molar-refractivity contribution in [2.24, 2.45) is 0 Å². The largest absolute Gasteiger partial charge is 0.508 e. The van der Waals surface area contributed by atoms with Crippen molar-refractivity contribution < 1.29 is 9.90 Å². The van der Waals surface area contributed by atoms with Gasteiger partial charge in [0.25, 0.3) is 5.91 Å². The second-order valence-electron chi connectivity index (χ2n) is 5.39. The van der Waals surface area contributed by atoms with E-state index in [1.807, 2.05) is 14.1 Å². The Hall–Kier alpha value is -1.55. The van der Waals surface area contributed by atoms with Crippen LogP contribution in [-0.4, -0.2) is 42.1 Å². The van der Waals surface area contributed by atoms with E-state index in [0.29, 0.717) is 17.7 Å². The molecule has 4 nitrogen and oxygen atoms in total. The Morgan fingerprint density at radius 1 is 1.39 bits per heavy atom. The summed E-state index contributed by atoms with van der Waals surface area (Å²) in [5.41, 5.74) is 1.18. The van der Waals surface area contributed by atoms with Crippen molar-refractivity contribution >= 4 is 5.91 Å². The van der Waals surface area contributed by atoms with Gasteiger partial charge in [-0.3, -0.25) is 4.79 Å². The summed E-state index contributed by atoms with van der Waals surface area (Å²) in [4.78, 5) is 14.0. The summed E-state index contributed by atoms with van der Waals surface area (Å²) in [6.45, 7) is 6.47. The van der Waals surface area contributed by atoms with E-state index in [1.165, 1.54) is 0 Å². The number of phenolic OH excluding ortho intramolecular Hbond substituents is 1. The number of amides is 1. The monoisotopic (exact) mass is 250 g/mol. The molecule has 18 heavy (non-hydrogen) atoms. The van der Waals surface area contributed by atoms with E-state index in [4.69, 9.17) is 0 Å². The van der Waals surface area contributed by atoms with E-state index in [-0.39, 0.29) is 17.2 Å². The number of nitrogens with one attached hydrogen (secondary N) is 1. The van der Waals surface area contributed by atoms with E-state index in [9.17, 15) is 9.90 Å². The number of carbonyl (C=O) groups excluding carboxylic acids is 1. The average molecular weight is 250 g/mol. The normalized spacial score (nSPS) is 11.7. The minimum absolute atomic E-state index is 0.0956. The zero-order chi connectivity index (χ0) is 13.9. The molecule has 0 aromatic heterocycles. The maximum atomic E-state index is 12.0. The van der Waals surface area contributed by atoms with Crippen LogP contribution in [0.1, 0.15) is 29.8 Å². The molecule has 0 spiro atoms. The van der Waals surface area contributed by atoms with Crippen LogP contribution in [0.4, 0.5) is 0 Å². The summed E-state index contributed by atoms with van der Waals surface area (Å²) in [5.74, 6) is 0.0909. The highest BCUT2D eigenvalue weighted by atomic mass is 16.3. The van der Waals surface area contributed by atoms with Crippen LogP contribution < -0.4 is 5.32 Å². The summed E-state index contributed by atoms with van der Waals surface area (Å²) < 4.78 is 0. The highest BCUT2D eigenvalue weighted by Crippen LogP contribution is 2.17. The molecule has 0 unspecified atom stereocenters. The van der Waals surface area contributed by atoms with Crippen LogP contribution in [0.3, 0.4) is 0 Å². The Bertz CT molecular complexity index is 439. The quantitative estimate of drug-likeness (QED) is 0.856. The van der Waals surface area contributed by atoms with Gasteiger partial charge >= 0.3 is 0 Å². The number of nitrogens with zero attached hydrogens (tertiary/aromatic N) is 1. The zero-order valence-corrected chi connectivity index (χ0v) is 11.7. The second kappa shape index (κ2) is 5.40. The van der Waals surface area contributed by atoms with Crippen molar-refractivity contribution in [1.82, 2.24) is 10.2 Å². The molecule has 2 N–H and O–H groups in total. The number of likely N-dealkylation sites (N-methyl/N-ethyl adjacent to an activating group) is 1. The number of rotatable bonds is 4. The molecule has 0 radical (unpaired) electrons. The second-order valence-corrected chi connectivity index (χ2v) is 5.39. The van der Waals surface area contributed by atoms with Crippen LogP contribution in [0.25, 0.3) is 0 Å². The highest BCUT2D eigenvalue weighted by Gasteiger charge is 2.21. The fourth-order valence-electron chi connectivity index (χ4n) is 1.35. The lowest BCUT2D eigenvalue weighted by atomic mass is 10.0. The van der Waals surface area contributed by atoms with E-state index < -0.39 is 0 Å². The third-order valence-electron chi connectivity index (χ3n) is 3.35. The first-order valence-corrected chi connectivity index (χ1v) is 5.99. The Labute approximate surface area is 109 Å². The van der Waals surface area contributed by atoms with Crippen molar-refractivity contribution in [1.29, 1.82) is 0 Å². The molecular weight excluding hydrogens is 228 g/mol. The van der Waals surface area contributed by atoms with Crippen molar-refractivity contribution in [2.45, 2.75) is 26.3 Å². The van der Waals surface area contributed by atoms with Gasteiger partial charge in [0, 0.05) is 17.6 Å². The Kier molecular flexibility index (Phi) is 4.35. The molecule has 0 saturated carbocycles. The molecule has 1 amide bonds. The predicted octanol–water partition coefficient (Wildman–Crippen LogP) is 1.77. The highest BCUT2D eigenvalue weighted by molar-refractivity contribution is 5.94. The fourth-order valence-corrected chi connectivity index (χ4v) is 1.35. The van der Waals surface area contributed by atoms with E-state index in [2.05, 4.69) is 24.1 Å². The molecule has 0 aliphatic heterocycles. The topological polar surface area (TPSA) is 52.6 Å². The zero-order valence-electron chi connectivity index (χ0n) is 11.7. The van der Waals surface area contributed by atoms with Crippen LogP contribution in [0, 0.1) is 6.92 Å². The van der Waals surface area contributed by atoms with Gasteiger partial charge in [0.2, 0.25) is 0 Å². The number of aromatic hydroxyl groups is 1. The lowest BCUT2D eigenvalue weighted by Gasteiger charge is -2.32. The van der Waals surface area contributed by atoms with Gasteiger partial charge in [-0.15, -0.1) is 0 Å². The molecule has 0 bridgehead atoms. The van der Waals surface area contributed by atoms with Crippen LogP contribution in [0.2, 0.25) is 0 Å². The number of phenols is 1. The molecule has 100 valence electrons. The maximum absolute atomic E-state index is 12.0. The van der Waals surface area contributed by atoms with Crippen molar-refractivity contribution in [3.8, 4) is 5.75 Å². The third-order valence-corrected chi connectivity index (χ3v) is 3.35. The maximum Gasteiger partial charge on any atom is 0.251 e. The van der Waals surface area contributed by atoms with Gasteiger partial charge in [0.15, 0.2) is 0 Å². The number of benzene rings is 1. The smallest absolute Gasteiger partial charge is 0.251 e. The number of hydrogen-bond acceptors (Lipinski definition) is 3. The Balaban J connectivity index is 2.69. The summed E-state index contributed by atoms with van der Waals surface area (Å²) >= 11 is 0. The van der Waals surface area contributed by atoms with Gasteiger partial charge in [0.1, 0.15) is 5.75 Å². The average Bonchev–Trinajstić information content (AvgIpc) is 2.29. The van der Waals surface area contributed by atoms with Crippen LogP contribution in [0.15, 0.2) is 18.2 Å². The van der Waals surface area contributed by atoms with Crippen molar-refractivity contribution in [3.63, 3.8) is 0 Å². The lowest BCUT2D eigenvalue weighted by molar-refractivity contribution is 0.0919. The van der Waals surface area contributed by atoms with Gasteiger partial charge in [-0.2, -0.15) is 0 Å². The van der Waals surface area contributed by atoms with Gasteiger partial charge in [-0.05, 0) is 58.6 Å². The van der Waals surface area contributed by atoms with Crippen LogP contribution in [0.5, 0.6) is 5.75 Å². The Morgan fingerprint density at radius 2 is 2.00 bits per heavy atom. The molecule has 0 aliphatic rings. The Morgan fingerprint density at radius 3 is 2.50 bits per heavy atom. The summed E-state index contributed by atoms with van der Waals surface area (Å²) in [6, 6.07) is 4.86. The fraction of sp³-hybridized carbons (Fsp3) is 0.500. The number of aryl methyl sites for hydroxylation is 1. The van der Waals surface area contributed by atoms with Crippen LogP contribution >= 0.6 is 0 Å². The van der Waals surface area contributed by atoms with Gasteiger partial charge in [0.05, 0.1) is 0 Å². The summed E-state index contributed by atoms with van der Waals surface area (Å²) in [6.07, 6.45) is 0. The van der Waals surface area contributed by atoms with E-state index >= 15 is 0 Å². The van der Waals surface area contributed by atoms with Gasteiger partial charge in [-0.1, -0.05) is 0 Å². The molecule has 1 rings (SSSR count). The first-order valence-electron chi connectivity index (χ1n) is 5.99.